The van der Waals surface area contributed by atoms with Crippen LogP contribution in [0.1, 0.15) is 12.8 Å². The van der Waals surface area contributed by atoms with Crippen LogP contribution in [-0.4, -0.2) is 26.6 Å². The molecule has 1 aliphatic carbocycles. The highest BCUT2D eigenvalue weighted by Gasteiger charge is 2.57. The summed E-state index contributed by atoms with van der Waals surface area (Å²) in [6.45, 7) is 0. The van der Waals surface area contributed by atoms with E-state index in [2.05, 4.69) is 10.1 Å². The molecule has 2 heterocycles. The van der Waals surface area contributed by atoms with Crippen molar-refractivity contribution in [3.8, 4) is 22.8 Å². The van der Waals surface area contributed by atoms with Gasteiger partial charge in [0.25, 0.3) is 0 Å². The number of primary amides is 1. The van der Waals surface area contributed by atoms with E-state index < -0.39 is 34.7 Å². The van der Waals surface area contributed by atoms with Crippen molar-refractivity contribution in [2.24, 2.45) is 18.2 Å². The van der Waals surface area contributed by atoms with Gasteiger partial charge in [-0.05, 0) is 43.2 Å². The Morgan fingerprint density at radius 3 is 2.38 bits per heavy atom. The van der Waals surface area contributed by atoms with Gasteiger partial charge in [0.1, 0.15) is 16.9 Å². The van der Waals surface area contributed by atoms with Gasteiger partial charge in [0.2, 0.25) is 11.8 Å². The molecule has 1 fully saturated rings. The van der Waals surface area contributed by atoms with Crippen LogP contribution in [0.4, 0.5) is 24.5 Å². The number of nitrogens with zero attached hydrogens (tertiary/aromatic N) is 4. The predicted molar refractivity (Wildman–Crippen MR) is 127 cm³/mol. The second-order valence-corrected chi connectivity index (χ2v) is 8.68. The summed E-state index contributed by atoms with van der Waals surface area (Å²) < 4.78 is 50.4. The quantitative estimate of drug-likeness (QED) is 0.368. The number of ether oxygens (including phenoxy) is 1. The molecule has 37 heavy (non-hydrogen) atoms. The summed E-state index contributed by atoms with van der Waals surface area (Å²) in [5.41, 5.74) is 4.83. The molecule has 0 saturated heterocycles. The summed E-state index contributed by atoms with van der Waals surface area (Å²) in [5.74, 6) is -4.47. The Morgan fingerprint density at radius 1 is 1.00 bits per heavy atom. The molecule has 8 nitrogen and oxygen atoms in total. The molecule has 2 aromatic heterocycles. The van der Waals surface area contributed by atoms with Crippen molar-refractivity contribution in [1.82, 2.24) is 14.8 Å². The molecule has 11 heteroatoms. The first kappa shape index (κ1) is 24.0. The number of anilines is 2. The van der Waals surface area contributed by atoms with E-state index in [0.717, 1.165) is 34.7 Å². The summed E-state index contributed by atoms with van der Waals surface area (Å²) in [7, 11) is 1.77. The summed E-state index contributed by atoms with van der Waals surface area (Å²) >= 11 is 0. The minimum absolute atomic E-state index is 0.110. The summed E-state index contributed by atoms with van der Waals surface area (Å²) in [6.07, 6.45) is 5.30. The van der Waals surface area contributed by atoms with E-state index in [4.69, 9.17) is 10.5 Å². The summed E-state index contributed by atoms with van der Waals surface area (Å²) in [4.78, 5) is 30.5. The highest BCUT2D eigenvalue weighted by molar-refractivity contribution is 6.16. The van der Waals surface area contributed by atoms with Gasteiger partial charge in [0, 0.05) is 43.2 Å². The van der Waals surface area contributed by atoms with Crippen LogP contribution in [0.3, 0.4) is 0 Å². The number of carbonyl (C=O) groups excluding carboxylic acids is 2. The van der Waals surface area contributed by atoms with Gasteiger partial charge in [0.05, 0.1) is 23.3 Å². The molecule has 1 saturated carbocycles. The molecule has 2 N–H and O–H groups in total. The first-order chi connectivity index (χ1) is 17.7. The number of carbonyl (C=O) groups is 2. The number of hydrogen-bond acceptors (Lipinski definition) is 5. The lowest BCUT2D eigenvalue weighted by Gasteiger charge is -2.27. The maximum atomic E-state index is 15.4. The van der Waals surface area contributed by atoms with E-state index in [1.807, 2.05) is 0 Å². The Labute approximate surface area is 209 Å². The SMILES string of the molecule is Cn1cc(-c2cc(Oc3ccc(N(C(=O)C4(C(N)=O)CC4)c4ccc(F)c(F)c4)c(F)c3)ccn2)cn1. The van der Waals surface area contributed by atoms with Crippen LogP contribution in [0.2, 0.25) is 0 Å². The molecule has 0 radical (unpaired) electrons. The Bertz CT molecular complexity index is 1530. The second-order valence-electron chi connectivity index (χ2n) is 8.68. The topological polar surface area (TPSA) is 103 Å². The summed E-state index contributed by atoms with van der Waals surface area (Å²) in [5, 5.41) is 4.11. The van der Waals surface area contributed by atoms with Crippen molar-refractivity contribution in [2.45, 2.75) is 12.8 Å². The van der Waals surface area contributed by atoms with E-state index >= 15 is 4.39 Å². The standard InChI is InChI=1S/C26H20F3N5O3/c1-33-14-15(13-32-33)22-12-18(6-9-31-22)37-17-3-5-23(21(29)11-17)34(16-2-4-19(27)20(28)10-16)25(36)26(7-8-26)24(30)35/h2-6,9-14H,7-8H2,1H3,(H2,30,35). The average molecular weight is 507 g/mol. The summed E-state index contributed by atoms with van der Waals surface area (Å²) in [6, 6.07) is 9.64. The smallest absolute Gasteiger partial charge is 0.247 e. The van der Waals surface area contributed by atoms with Crippen LogP contribution in [-0.2, 0) is 16.6 Å². The molecule has 188 valence electrons. The van der Waals surface area contributed by atoms with Crippen molar-refractivity contribution in [3.63, 3.8) is 0 Å². The Balaban J connectivity index is 1.48. The van der Waals surface area contributed by atoms with Crippen LogP contribution < -0.4 is 15.4 Å². The maximum Gasteiger partial charge on any atom is 0.247 e. The van der Waals surface area contributed by atoms with Gasteiger partial charge in [-0.25, -0.2) is 13.2 Å². The van der Waals surface area contributed by atoms with E-state index in [0.29, 0.717) is 11.4 Å². The minimum Gasteiger partial charge on any atom is -0.457 e. The van der Waals surface area contributed by atoms with Crippen LogP contribution in [0, 0.1) is 22.9 Å². The number of rotatable bonds is 7. The van der Waals surface area contributed by atoms with E-state index in [-0.39, 0.29) is 30.0 Å². The minimum atomic E-state index is -1.54. The van der Waals surface area contributed by atoms with E-state index in [1.165, 1.54) is 18.3 Å². The van der Waals surface area contributed by atoms with Crippen molar-refractivity contribution < 1.29 is 27.5 Å². The monoisotopic (exact) mass is 507 g/mol. The normalized spacial score (nSPS) is 13.7. The number of pyridine rings is 1. The Kier molecular flexibility index (Phi) is 5.90. The number of halogens is 3. The number of aryl methyl sites for hydroxylation is 1. The Morgan fingerprint density at radius 2 is 1.76 bits per heavy atom. The first-order valence-corrected chi connectivity index (χ1v) is 11.2. The first-order valence-electron chi connectivity index (χ1n) is 11.2. The molecule has 2 amide bonds. The third-order valence-electron chi connectivity index (χ3n) is 6.12. The van der Waals surface area contributed by atoms with E-state index in [1.54, 1.807) is 36.3 Å². The van der Waals surface area contributed by atoms with E-state index in [9.17, 15) is 18.4 Å². The van der Waals surface area contributed by atoms with Gasteiger partial charge in [-0.2, -0.15) is 5.10 Å². The van der Waals surface area contributed by atoms with Crippen molar-refractivity contribution in [3.05, 3.63) is 84.6 Å². The number of nitrogens with two attached hydrogens (primary N) is 1. The fraction of sp³-hybridized carbons (Fsp3) is 0.154. The molecule has 5 rings (SSSR count). The molecular formula is C26H20F3N5O3. The molecule has 0 aliphatic heterocycles. The van der Waals surface area contributed by atoms with Crippen LogP contribution in [0.15, 0.2) is 67.1 Å². The van der Waals surface area contributed by atoms with Crippen LogP contribution in [0.25, 0.3) is 11.3 Å². The van der Waals surface area contributed by atoms with Gasteiger partial charge in [-0.3, -0.25) is 24.2 Å². The third-order valence-corrected chi connectivity index (χ3v) is 6.12. The largest absolute Gasteiger partial charge is 0.457 e. The van der Waals surface area contributed by atoms with Gasteiger partial charge < -0.3 is 10.5 Å². The number of amides is 2. The molecule has 1 aliphatic rings. The highest BCUT2D eigenvalue weighted by Crippen LogP contribution is 2.49. The van der Waals surface area contributed by atoms with Crippen LogP contribution in [0.5, 0.6) is 11.5 Å². The molecular weight excluding hydrogens is 487 g/mol. The van der Waals surface area contributed by atoms with Gasteiger partial charge in [0.15, 0.2) is 17.5 Å². The molecule has 2 aromatic carbocycles. The average Bonchev–Trinajstić information content (AvgIpc) is 3.58. The number of benzene rings is 2. The zero-order valence-corrected chi connectivity index (χ0v) is 19.5. The molecule has 4 aromatic rings. The van der Waals surface area contributed by atoms with Gasteiger partial charge in [-0.15, -0.1) is 0 Å². The molecule has 0 bridgehead atoms. The van der Waals surface area contributed by atoms with Gasteiger partial charge >= 0.3 is 0 Å². The predicted octanol–water partition coefficient (Wildman–Crippen LogP) is 4.62. The fourth-order valence-corrected chi connectivity index (χ4v) is 3.95. The third kappa shape index (κ3) is 4.51. The maximum absolute atomic E-state index is 15.4. The lowest BCUT2D eigenvalue weighted by Crippen LogP contribution is -2.41. The number of hydrogen-bond donors (Lipinski definition) is 1. The highest BCUT2D eigenvalue weighted by atomic mass is 19.2. The zero-order valence-electron chi connectivity index (χ0n) is 19.5. The van der Waals surface area contributed by atoms with Gasteiger partial charge in [-0.1, -0.05) is 0 Å². The number of aromatic nitrogens is 3. The molecule has 0 unspecified atom stereocenters. The second kappa shape index (κ2) is 9.08. The lowest BCUT2D eigenvalue weighted by molar-refractivity contribution is -0.133. The van der Waals surface area contributed by atoms with Crippen molar-refractivity contribution >= 4 is 23.2 Å². The lowest BCUT2D eigenvalue weighted by atomic mass is 10.0. The van der Waals surface area contributed by atoms with Crippen molar-refractivity contribution in [2.75, 3.05) is 4.90 Å². The van der Waals surface area contributed by atoms with Crippen LogP contribution >= 0.6 is 0 Å². The van der Waals surface area contributed by atoms with Crippen molar-refractivity contribution in [1.29, 1.82) is 0 Å². The molecule has 0 atom stereocenters. The Hall–Kier alpha value is -4.67. The molecule has 0 spiro atoms. The fourth-order valence-electron chi connectivity index (χ4n) is 3.95. The zero-order chi connectivity index (χ0) is 26.3.